The zero-order valence-electron chi connectivity index (χ0n) is 7.33. The van der Waals surface area contributed by atoms with E-state index in [0.717, 1.165) is 0 Å². The second-order valence-corrected chi connectivity index (χ2v) is 2.62. The van der Waals surface area contributed by atoms with E-state index in [-0.39, 0.29) is 11.7 Å². The maximum atomic E-state index is 11.0. The molecule has 1 amide bonds. The third kappa shape index (κ3) is 2.70. The molecular formula is C7H12ClNO3. The van der Waals surface area contributed by atoms with Crippen molar-refractivity contribution >= 4 is 23.5 Å². The number of ether oxygens (including phenoxy) is 1. The van der Waals surface area contributed by atoms with Crippen molar-refractivity contribution in [2.75, 3.05) is 20.0 Å². The van der Waals surface area contributed by atoms with Gasteiger partial charge in [-0.15, -0.1) is 11.6 Å². The fourth-order valence-corrected chi connectivity index (χ4v) is 0.853. The topological polar surface area (TPSA) is 46.6 Å². The highest BCUT2D eigenvalue weighted by atomic mass is 35.5. The van der Waals surface area contributed by atoms with Crippen molar-refractivity contribution in [3.05, 3.63) is 0 Å². The zero-order chi connectivity index (χ0) is 9.72. The van der Waals surface area contributed by atoms with Crippen LogP contribution in [-0.2, 0) is 9.53 Å². The number of carbonyl (C=O) groups excluding carboxylic acids is 2. The molecule has 12 heavy (non-hydrogen) atoms. The van der Waals surface area contributed by atoms with Gasteiger partial charge in [-0.2, -0.15) is 0 Å². The number of Topliss-reactive ketones (excluding diaryl/α,β-unsaturated/α-hetero) is 1. The monoisotopic (exact) mass is 193 g/mol. The summed E-state index contributed by atoms with van der Waals surface area (Å²) in [6, 6.07) is -0.532. The lowest BCUT2D eigenvalue weighted by Crippen LogP contribution is -2.40. The fourth-order valence-electron chi connectivity index (χ4n) is 0.630. The average Bonchev–Trinajstić information content (AvgIpc) is 2.12. The molecule has 0 rings (SSSR count). The van der Waals surface area contributed by atoms with E-state index in [0.29, 0.717) is 0 Å². The highest BCUT2D eigenvalue weighted by Crippen LogP contribution is 2.00. The number of methoxy groups -OCH3 is 1. The van der Waals surface area contributed by atoms with Gasteiger partial charge in [0.05, 0.1) is 19.0 Å². The summed E-state index contributed by atoms with van der Waals surface area (Å²) in [7, 11) is 2.75. The SMILES string of the molecule is COC(=O)N(C)C(C)C(=O)CCl. The quantitative estimate of drug-likeness (QED) is 0.626. The average molecular weight is 194 g/mol. The number of halogens is 1. The molecule has 0 aliphatic carbocycles. The van der Waals surface area contributed by atoms with Crippen molar-refractivity contribution in [2.24, 2.45) is 0 Å². The number of ketones is 1. The van der Waals surface area contributed by atoms with Crippen LogP contribution in [0, 0.1) is 0 Å². The van der Waals surface area contributed by atoms with Crippen molar-refractivity contribution in [1.29, 1.82) is 0 Å². The third-order valence-electron chi connectivity index (χ3n) is 1.64. The Labute approximate surface area is 76.4 Å². The smallest absolute Gasteiger partial charge is 0.409 e. The number of hydrogen-bond acceptors (Lipinski definition) is 3. The van der Waals surface area contributed by atoms with Crippen LogP contribution in [0.1, 0.15) is 6.92 Å². The first kappa shape index (κ1) is 11.2. The van der Waals surface area contributed by atoms with Gasteiger partial charge < -0.3 is 9.64 Å². The summed E-state index contributed by atoms with van der Waals surface area (Å²) >= 11 is 5.31. The van der Waals surface area contributed by atoms with E-state index < -0.39 is 12.1 Å². The summed E-state index contributed by atoms with van der Waals surface area (Å²) in [5.41, 5.74) is 0. The third-order valence-corrected chi connectivity index (χ3v) is 1.90. The first-order valence-electron chi connectivity index (χ1n) is 3.44. The molecular weight excluding hydrogens is 182 g/mol. The van der Waals surface area contributed by atoms with Crippen LogP contribution in [0.4, 0.5) is 4.79 Å². The number of alkyl halides is 1. The van der Waals surface area contributed by atoms with Crippen molar-refractivity contribution in [1.82, 2.24) is 4.90 Å². The van der Waals surface area contributed by atoms with E-state index in [2.05, 4.69) is 4.74 Å². The first-order chi connectivity index (χ1) is 5.54. The Morgan fingerprint density at radius 3 is 2.42 bits per heavy atom. The van der Waals surface area contributed by atoms with Crippen LogP contribution in [0.2, 0.25) is 0 Å². The molecule has 0 saturated carbocycles. The van der Waals surface area contributed by atoms with E-state index in [9.17, 15) is 9.59 Å². The molecule has 5 heteroatoms. The van der Waals surface area contributed by atoms with E-state index in [1.54, 1.807) is 6.92 Å². The Morgan fingerprint density at radius 2 is 2.08 bits per heavy atom. The van der Waals surface area contributed by atoms with Crippen LogP contribution in [-0.4, -0.2) is 42.9 Å². The maximum Gasteiger partial charge on any atom is 0.409 e. The number of nitrogens with zero attached hydrogens (tertiary/aromatic N) is 1. The largest absolute Gasteiger partial charge is 0.453 e. The van der Waals surface area contributed by atoms with Crippen molar-refractivity contribution in [3.63, 3.8) is 0 Å². The van der Waals surface area contributed by atoms with Gasteiger partial charge in [0.25, 0.3) is 0 Å². The van der Waals surface area contributed by atoms with Gasteiger partial charge in [0.15, 0.2) is 5.78 Å². The van der Waals surface area contributed by atoms with Gasteiger partial charge in [0.2, 0.25) is 0 Å². The molecule has 0 bridgehead atoms. The number of hydrogen-bond donors (Lipinski definition) is 0. The summed E-state index contributed by atoms with van der Waals surface area (Å²) in [6.07, 6.45) is -0.541. The van der Waals surface area contributed by atoms with Gasteiger partial charge in [-0.25, -0.2) is 4.79 Å². The van der Waals surface area contributed by atoms with Gasteiger partial charge >= 0.3 is 6.09 Å². The van der Waals surface area contributed by atoms with Gasteiger partial charge in [-0.1, -0.05) is 0 Å². The molecule has 0 aromatic heterocycles. The number of carbonyl (C=O) groups is 2. The van der Waals surface area contributed by atoms with Crippen LogP contribution in [0.3, 0.4) is 0 Å². The molecule has 0 fully saturated rings. The standard InChI is InChI=1S/C7H12ClNO3/c1-5(6(10)4-8)9(2)7(11)12-3/h5H,4H2,1-3H3. The zero-order valence-corrected chi connectivity index (χ0v) is 8.09. The molecule has 1 atom stereocenters. The predicted molar refractivity (Wildman–Crippen MR) is 45.4 cm³/mol. The molecule has 0 saturated heterocycles. The Morgan fingerprint density at radius 1 is 1.58 bits per heavy atom. The van der Waals surface area contributed by atoms with Gasteiger partial charge in [0, 0.05) is 7.05 Å². The van der Waals surface area contributed by atoms with Gasteiger partial charge in [0.1, 0.15) is 0 Å². The number of amides is 1. The molecule has 0 aliphatic rings. The van der Waals surface area contributed by atoms with Crippen LogP contribution in [0.5, 0.6) is 0 Å². The van der Waals surface area contributed by atoms with Gasteiger partial charge in [-0.3, -0.25) is 4.79 Å². The molecule has 0 aliphatic heterocycles. The van der Waals surface area contributed by atoms with Crippen LogP contribution < -0.4 is 0 Å². The molecule has 4 nitrogen and oxygen atoms in total. The Kier molecular flexibility index (Phi) is 4.66. The van der Waals surface area contributed by atoms with E-state index in [1.165, 1.54) is 19.1 Å². The van der Waals surface area contributed by atoms with Crippen molar-refractivity contribution in [2.45, 2.75) is 13.0 Å². The second kappa shape index (κ2) is 4.98. The number of rotatable bonds is 3. The summed E-state index contributed by atoms with van der Waals surface area (Å²) in [5.74, 6) is -0.299. The Hall–Kier alpha value is -0.770. The summed E-state index contributed by atoms with van der Waals surface area (Å²) in [6.45, 7) is 1.60. The predicted octanol–water partition coefficient (Wildman–Crippen LogP) is 0.881. The van der Waals surface area contributed by atoms with Crippen LogP contribution in [0.25, 0.3) is 0 Å². The van der Waals surface area contributed by atoms with E-state index in [1.807, 2.05) is 0 Å². The summed E-state index contributed by atoms with van der Waals surface area (Å²) in [4.78, 5) is 23.1. The minimum Gasteiger partial charge on any atom is -0.453 e. The Bertz CT molecular complexity index is 163. The normalized spacial score (nSPS) is 12.0. The lowest BCUT2D eigenvalue weighted by molar-refractivity contribution is -0.120. The molecule has 1 unspecified atom stereocenters. The lowest BCUT2D eigenvalue weighted by atomic mass is 10.2. The minimum atomic E-state index is -0.541. The molecule has 0 heterocycles. The number of likely N-dealkylation sites (N-methyl/N-ethyl adjacent to an activating group) is 1. The first-order valence-corrected chi connectivity index (χ1v) is 3.97. The van der Waals surface area contributed by atoms with Crippen LogP contribution >= 0.6 is 11.6 Å². The molecule has 0 spiro atoms. The van der Waals surface area contributed by atoms with Crippen molar-refractivity contribution < 1.29 is 14.3 Å². The van der Waals surface area contributed by atoms with E-state index >= 15 is 0 Å². The molecule has 0 radical (unpaired) electrons. The van der Waals surface area contributed by atoms with E-state index in [4.69, 9.17) is 11.6 Å². The van der Waals surface area contributed by atoms with Gasteiger partial charge in [-0.05, 0) is 6.92 Å². The molecule has 0 aromatic carbocycles. The molecule has 0 aromatic rings. The second-order valence-electron chi connectivity index (χ2n) is 2.36. The fraction of sp³-hybridized carbons (Fsp3) is 0.714. The lowest BCUT2D eigenvalue weighted by Gasteiger charge is -2.21. The Balaban J connectivity index is 4.18. The maximum absolute atomic E-state index is 11.0. The minimum absolute atomic E-state index is 0.0947. The highest BCUT2D eigenvalue weighted by Gasteiger charge is 2.21. The van der Waals surface area contributed by atoms with Crippen LogP contribution in [0.15, 0.2) is 0 Å². The molecule has 0 N–H and O–H groups in total. The summed E-state index contributed by atoms with van der Waals surface area (Å²) in [5, 5.41) is 0. The highest BCUT2D eigenvalue weighted by molar-refractivity contribution is 6.28. The van der Waals surface area contributed by atoms with Crippen molar-refractivity contribution in [3.8, 4) is 0 Å². The summed E-state index contributed by atoms with van der Waals surface area (Å²) < 4.78 is 4.42. The molecule has 70 valence electrons.